The average molecular weight is 1030 g/mol. The molecule has 0 radical (unpaired) electrons. The summed E-state index contributed by atoms with van der Waals surface area (Å²) in [5, 5.41) is 11.4. The number of allylic oxidation sites excluding steroid dienone is 6. The molecule has 2 N–H and O–H groups in total. The zero-order valence-corrected chi connectivity index (χ0v) is 40.5. The van der Waals surface area contributed by atoms with E-state index in [2.05, 4.69) is 158 Å². The monoisotopic (exact) mass is 1030 g/mol. The molecule has 0 saturated heterocycles. The van der Waals surface area contributed by atoms with Gasteiger partial charge in [0.2, 0.25) is 0 Å². The van der Waals surface area contributed by atoms with Crippen LogP contribution in [0.4, 0.5) is 34.1 Å². The van der Waals surface area contributed by atoms with Gasteiger partial charge in [-0.1, -0.05) is 72.1 Å². The minimum atomic E-state index is -4.94. The maximum atomic E-state index is 8.49. The Labute approximate surface area is 409 Å². The Morgan fingerprint density at radius 3 is 1.25 bits per heavy atom. The summed E-state index contributed by atoms with van der Waals surface area (Å²) < 4.78 is 67.9. The van der Waals surface area contributed by atoms with Crippen molar-refractivity contribution in [2.75, 3.05) is 48.6 Å². The van der Waals surface area contributed by atoms with Crippen LogP contribution in [0.15, 0.2) is 161 Å². The zero-order chi connectivity index (χ0) is 47.2. The normalized spacial score (nSPS) is 17.5. The Balaban J connectivity index is 0.000000182. The topological polar surface area (TPSA) is 264 Å². The van der Waals surface area contributed by atoms with Crippen LogP contribution < -0.4 is 79.1 Å². The van der Waals surface area contributed by atoms with E-state index in [9.17, 15) is 0 Å². The van der Waals surface area contributed by atoms with Crippen molar-refractivity contribution in [1.82, 2.24) is 0 Å². The summed E-state index contributed by atoms with van der Waals surface area (Å²) in [7, 11) is -1.68. The Kier molecular flexibility index (Phi) is 17.3. The second-order valence-corrected chi connectivity index (χ2v) is 19.2. The fourth-order valence-corrected chi connectivity index (χ4v) is 9.84. The number of rotatable bonds is 6. The maximum Gasteiger partial charge on any atom is 2.00 e. The molecule has 0 aromatic heterocycles. The van der Waals surface area contributed by atoms with Crippen LogP contribution in [-0.2, 0) is 29.3 Å². The van der Waals surface area contributed by atoms with Crippen LogP contribution in [-0.4, -0.2) is 40.3 Å². The number of thioether (sulfide) groups is 2. The largest absolute Gasteiger partial charge is 2.00 e. The smallest absolute Gasteiger partial charge is 0.378 e. The van der Waals surface area contributed by atoms with Crippen molar-refractivity contribution >= 4 is 57.6 Å². The maximum absolute atomic E-state index is 8.49. The van der Waals surface area contributed by atoms with Gasteiger partial charge in [-0.25, -0.2) is 37.3 Å². The standard InChI is InChI=1S/2C23H22N4S.2ClHO4.Ni/c2*1-27(2)16-11-9-15(10-12-16)25-19-14-20-23(17-6-5-13-24-22(17)19)28-21-8-4-3-7-18(21)26-20;2*2-1(3,4)5;/h2*3-5,8-14,18,25H,6-7H2,1-2H3;2*(H,2,3,4,5);/q;;;;+2/p-2. The molecule has 2 aliphatic carbocycles. The molecular weight excluding hydrogens is 986 g/mol. The second-order valence-electron chi connectivity index (χ2n) is 15.5. The molecule has 0 spiro atoms. The molecule has 352 valence electrons. The molecule has 6 aliphatic rings. The molecule has 4 aromatic rings. The van der Waals surface area contributed by atoms with Crippen LogP contribution in [0.2, 0.25) is 0 Å². The fraction of sp³-hybridized carbons (Fsp3) is 0.217. The van der Waals surface area contributed by atoms with E-state index in [0.29, 0.717) is 0 Å². The summed E-state index contributed by atoms with van der Waals surface area (Å²) in [6, 6.07) is 21.8. The van der Waals surface area contributed by atoms with Gasteiger partial charge in [0.05, 0.1) is 44.9 Å². The third kappa shape index (κ3) is 14.1. The molecule has 0 amide bonds. The number of halogens is 2. The van der Waals surface area contributed by atoms with Gasteiger partial charge in [-0.05, 0) is 97.5 Å². The number of anilines is 6. The van der Waals surface area contributed by atoms with Gasteiger partial charge >= 0.3 is 16.5 Å². The van der Waals surface area contributed by atoms with Gasteiger partial charge < -0.3 is 20.4 Å². The predicted molar refractivity (Wildman–Crippen MR) is 234 cm³/mol. The number of nitrogens with one attached hydrogen (secondary N) is 2. The Morgan fingerprint density at radius 1 is 0.552 bits per heavy atom. The first-order chi connectivity index (χ1) is 31.4. The van der Waals surface area contributed by atoms with Crippen molar-refractivity contribution in [3.63, 3.8) is 0 Å². The van der Waals surface area contributed by atoms with Gasteiger partial charge in [0.25, 0.3) is 0 Å². The number of benzene rings is 4. The van der Waals surface area contributed by atoms with Crippen LogP contribution in [0.3, 0.4) is 0 Å². The first-order valence-electron chi connectivity index (χ1n) is 20.3. The molecule has 4 aromatic carbocycles. The number of hydrogen-bond acceptors (Lipinski definition) is 18. The van der Waals surface area contributed by atoms with Crippen molar-refractivity contribution in [3.8, 4) is 0 Å². The van der Waals surface area contributed by atoms with Gasteiger partial charge in [0, 0.05) is 82.9 Å². The number of nitrogens with zero attached hydrogens (tertiary/aromatic N) is 6. The van der Waals surface area contributed by atoms with E-state index in [1.54, 1.807) is 0 Å². The SMILES string of the molecule is CN(C)c1ccc(Nc2cc3c(c4c2=NC=CC4)SC2=CC=CCC2N=3)cc1.CN(C)c1ccc(Nc2cc3c(c4c2=NC=CC4)SC2=CC=CCC2N=3)cc1.[Ni+2].[O-][Cl+3]([O-])([O-])[O-].[O-][Cl+3]([O-])([O-])[O-]. The van der Waals surface area contributed by atoms with Gasteiger partial charge in [-0.15, -0.1) is 20.5 Å². The minimum absolute atomic E-state index is 0. The van der Waals surface area contributed by atoms with E-state index in [1.807, 2.05) is 35.9 Å². The first-order valence-corrected chi connectivity index (χ1v) is 24.4. The van der Waals surface area contributed by atoms with Crippen molar-refractivity contribution in [3.05, 3.63) is 164 Å². The molecule has 16 nitrogen and oxygen atoms in total. The summed E-state index contributed by atoms with van der Waals surface area (Å²) in [6.45, 7) is 0. The first kappa shape index (κ1) is 51.6. The number of hydrogen-bond donors (Lipinski definition) is 2. The number of fused-ring (bicyclic) bond motifs is 8. The molecule has 10 rings (SSSR count). The third-order valence-electron chi connectivity index (χ3n) is 10.4. The molecule has 0 bridgehead atoms. The molecule has 0 saturated carbocycles. The molecule has 2 atom stereocenters. The van der Waals surface area contributed by atoms with E-state index >= 15 is 0 Å². The van der Waals surface area contributed by atoms with Crippen LogP contribution in [0.25, 0.3) is 0 Å². The van der Waals surface area contributed by atoms with Crippen molar-refractivity contribution in [2.24, 2.45) is 20.0 Å². The molecule has 4 aliphatic heterocycles. The Morgan fingerprint density at radius 2 is 0.910 bits per heavy atom. The van der Waals surface area contributed by atoms with E-state index in [1.165, 1.54) is 42.1 Å². The molecule has 0 fully saturated rings. The van der Waals surface area contributed by atoms with Gasteiger partial charge in [0.1, 0.15) is 0 Å². The van der Waals surface area contributed by atoms with Crippen molar-refractivity contribution in [2.45, 2.75) is 47.6 Å². The summed E-state index contributed by atoms with van der Waals surface area (Å²) in [5.74, 6) is 0. The van der Waals surface area contributed by atoms with Crippen LogP contribution in [0.1, 0.15) is 24.0 Å². The van der Waals surface area contributed by atoms with Crippen molar-refractivity contribution < 1.29 is 74.2 Å². The van der Waals surface area contributed by atoms with Gasteiger partial charge in [0.15, 0.2) is 0 Å². The third-order valence-corrected chi connectivity index (χ3v) is 13.1. The zero-order valence-electron chi connectivity index (χ0n) is 36.4. The van der Waals surface area contributed by atoms with Crippen LogP contribution in [0.5, 0.6) is 0 Å². The fourth-order valence-electron chi connectivity index (χ4n) is 7.47. The summed E-state index contributed by atoms with van der Waals surface area (Å²) in [5.41, 5.74) is 9.08. The quantitative estimate of drug-likeness (QED) is 0.214. The minimum Gasteiger partial charge on any atom is -0.378 e. The van der Waals surface area contributed by atoms with E-state index in [4.69, 9.17) is 57.2 Å². The summed E-state index contributed by atoms with van der Waals surface area (Å²) in [4.78, 5) is 28.9. The van der Waals surface area contributed by atoms with Gasteiger partial charge in [-0.2, -0.15) is 0 Å². The van der Waals surface area contributed by atoms with Crippen LogP contribution >= 0.6 is 23.5 Å². The molecule has 2 unspecified atom stereocenters. The molecule has 21 heteroatoms. The van der Waals surface area contributed by atoms with E-state index in [-0.39, 0.29) is 28.6 Å². The molecule has 4 heterocycles. The summed E-state index contributed by atoms with van der Waals surface area (Å²) in [6.07, 6.45) is 24.9. The molecular formula is C46H44Cl2N8NiO8S2. The predicted octanol–water partition coefficient (Wildman–Crippen LogP) is -1.27. The van der Waals surface area contributed by atoms with E-state index in [0.717, 1.165) is 69.9 Å². The Hall–Kier alpha value is -4.83. The van der Waals surface area contributed by atoms with E-state index < -0.39 is 20.5 Å². The second kappa shape index (κ2) is 22.5. The average Bonchev–Trinajstić information content (AvgIpc) is 3.27. The summed E-state index contributed by atoms with van der Waals surface area (Å²) >= 11 is 3.73. The van der Waals surface area contributed by atoms with Crippen LogP contribution in [0, 0.1) is 20.5 Å². The van der Waals surface area contributed by atoms with Crippen molar-refractivity contribution in [1.29, 1.82) is 0 Å². The Bertz CT molecular complexity index is 2690. The van der Waals surface area contributed by atoms with Gasteiger partial charge in [-0.3, -0.25) is 20.0 Å². The molecule has 67 heavy (non-hydrogen) atoms.